The van der Waals surface area contributed by atoms with Gasteiger partial charge in [0, 0.05) is 24.3 Å². The van der Waals surface area contributed by atoms with E-state index in [1.165, 1.54) is 5.56 Å². The summed E-state index contributed by atoms with van der Waals surface area (Å²) in [6, 6.07) is 12.1. The third kappa shape index (κ3) is 2.89. The molecule has 0 amide bonds. The van der Waals surface area contributed by atoms with Crippen molar-refractivity contribution in [3.05, 3.63) is 72.7 Å². The summed E-state index contributed by atoms with van der Waals surface area (Å²) in [7, 11) is 0. The molecule has 0 fully saturated rings. The Morgan fingerprint density at radius 3 is 2.38 bits per heavy atom. The largest absolute Gasteiger partial charge is 0.368 e. The summed E-state index contributed by atoms with van der Waals surface area (Å²) >= 11 is 0. The molecule has 80 valence electrons. The SMILES string of the molecule is C1=CNc2ccccc2C=C1.c1cc[nH]c1. The average Bonchev–Trinajstić information content (AvgIpc) is 2.81. The fourth-order valence-corrected chi connectivity index (χ4v) is 1.40. The number of para-hydroxylation sites is 1. The lowest BCUT2D eigenvalue weighted by molar-refractivity contribution is 1.42. The topological polar surface area (TPSA) is 27.8 Å². The van der Waals surface area contributed by atoms with Crippen LogP contribution in [0, 0.1) is 0 Å². The lowest BCUT2D eigenvalue weighted by atomic mass is 10.2. The number of hydrogen-bond acceptors (Lipinski definition) is 1. The molecule has 0 atom stereocenters. The van der Waals surface area contributed by atoms with E-state index in [0.29, 0.717) is 0 Å². The van der Waals surface area contributed by atoms with Crippen molar-refractivity contribution in [1.29, 1.82) is 0 Å². The highest BCUT2D eigenvalue weighted by Gasteiger charge is 1.95. The number of aromatic amines is 1. The number of rotatable bonds is 0. The molecule has 2 nitrogen and oxygen atoms in total. The van der Waals surface area contributed by atoms with Crippen LogP contribution < -0.4 is 5.32 Å². The molecule has 1 aliphatic rings. The van der Waals surface area contributed by atoms with Crippen LogP contribution in [0.25, 0.3) is 6.08 Å². The second-order valence-electron chi connectivity index (χ2n) is 3.33. The highest BCUT2D eigenvalue weighted by atomic mass is 14.8. The second kappa shape index (κ2) is 5.61. The zero-order chi connectivity index (χ0) is 11.1. The maximum atomic E-state index is 3.18. The third-order valence-corrected chi connectivity index (χ3v) is 2.18. The molecule has 1 aromatic heterocycles. The first-order valence-electron chi connectivity index (χ1n) is 5.23. The number of hydrogen-bond donors (Lipinski definition) is 2. The standard InChI is InChI=1S/C10H9N.C4H5N/c1-2-7-10-9(5-1)6-3-4-8-11-10;1-2-4-5-3-1/h1-8,11H;1-5H. The Morgan fingerprint density at radius 1 is 0.812 bits per heavy atom. The molecular formula is C14H14N2. The lowest BCUT2D eigenvalue weighted by Gasteiger charge is -2.01. The number of H-pyrrole nitrogens is 1. The minimum absolute atomic E-state index is 1.16. The fraction of sp³-hybridized carbons (Fsp3) is 0. The van der Waals surface area contributed by atoms with Crippen molar-refractivity contribution < 1.29 is 0 Å². The number of anilines is 1. The summed E-state index contributed by atoms with van der Waals surface area (Å²) < 4.78 is 0. The predicted octanol–water partition coefficient (Wildman–Crippen LogP) is 3.65. The van der Waals surface area contributed by atoms with Crippen molar-refractivity contribution in [2.45, 2.75) is 0 Å². The smallest absolute Gasteiger partial charge is 0.0453 e. The van der Waals surface area contributed by atoms with Gasteiger partial charge < -0.3 is 10.3 Å². The highest BCUT2D eigenvalue weighted by molar-refractivity contribution is 5.69. The molecule has 0 bridgehead atoms. The minimum Gasteiger partial charge on any atom is -0.368 e. The number of nitrogens with one attached hydrogen (secondary N) is 2. The van der Waals surface area contributed by atoms with E-state index in [9.17, 15) is 0 Å². The summed E-state index contributed by atoms with van der Waals surface area (Å²) in [5.41, 5.74) is 2.40. The van der Waals surface area contributed by atoms with Gasteiger partial charge in [0.15, 0.2) is 0 Å². The summed E-state index contributed by atoms with van der Waals surface area (Å²) in [5.74, 6) is 0. The van der Waals surface area contributed by atoms with Crippen LogP contribution in [0.1, 0.15) is 5.56 Å². The fourth-order valence-electron chi connectivity index (χ4n) is 1.40. The van der Waals surface area contributed by atoms with Gasteiger partial charge in [0.1, 0.15) is 0 Å². The Hall–Kier alpha value is -2.22. The van der Waals surface area contributed by atoms with Gasteiger partial charge in [-0.2, -0.15) is 0 Å². The molecule has 0 aliphatic carbocycles. The molecule has 0 unspecified atom stereocenters. The van der Waals surface area contributed by atoms with Crippen molar-refractivity contribution in [3.63, 3.8) is 0 Å². The van der Waals surface area contributed by atoms with Crippen LogP contribution >= 0.6 is 0 Å². The summed E-state index contributed by atoms with van der Waals surface area (Å²) in [5, 5.41) is 3.18. The zero-order valence-corrected chi connectivity index (χ0v) is 8.93. The van der Waals surface area contributed by atoms with Crippen LogP contribution in [0.15, 0.2) is 67.1 Å². The van der Waals surface area contributed by atoms with Crippen LogP contribution in [-0.4, -0.2) is 4.98 Å². The highest BCUT2D eigenvalue weighted by Crippen LogP contribution is 2.18. The first-order valence-corrected chi connectivity index (χ1v) is 5.23. The van der Waals surface area contributed by atoms with Crippen LogP contribution in [0.5, 0.6) is 0 Å². The van der Waals surface area contributed by atoms with Gasteiger partial charge in [-0.15, -0.1) is 0 Å². The Morgan fingerprint density at radius 2 is 1.62 bits per heavy atom. The molecule has 2 heterocycles. The Bertz CT molecular complexity index is 450. The monoisotopic (exact) mass is 210 g/mol. The molecule has 0 saturated carbocycles. The maximum absolute atomic E-state index is 3.18. The van der Waals surface area contributed by atoms with Crippen LogP contribution in [0.4, 0.5) is 5.69 Å². The van der Waals surface area contributed by atoms with Crippen molar-refractivity contribution in [3.8, 4) is 0 Å². The van der Waals surface area contributed by atoms with Crippen LogP contribution in [0.3, 0.4) is 0 Å². The second-order valence-corrected chi connectivity index (χ2v) is 3.33. The van der Waals surface area contributed by atoms with E-state index >= 15 is 0 Å². The molecule has 0 saturated heterocycles. The van der Waals surface area contributed by atoms with E-state index in [0.717, 1.165) is 5.69 Å². The van der Waals surface area contributed by atoms with Gasteiger partial charge >= 0.3 is 0 Å². The summed E-state index contributed by atoms with van der Waals surface area (Å²) in [4.78, 5) is 2.86. The number of fused-ring (bicyclic) bond motifs is 1. The first kappa shape index (κ1) is 10.3. The molecule has 2 heteroatoms. The van der Waals surface area contributed by atoms with Gasteiger partial charge in [-0.1, -0.05) is 30.4 Å². The third-order valence-electron chi connectivity index (χ3n) is 2.18. The van der Waals surface area contributed by atoms with Crippen molar-refractivity contribution >= 4 is 11.8 Å². The van der Waals surface area contributed by atoms with Gasteiger partial charge in [-0.05, 0) is 29.8 Å². The average molecular weight is 210 g/mol. The van der Waals surface area contributed by atoms with E-state index in [1.807, 2.05) is 55.0 Å². The molecule has 16 heavy (non-hydrogen) atoms. The quantitative estimate of drug-likeness (QED) is 0.682. The molecule has 0 spiro atoms. The Labute approximate surface area is 95.3 Å². The van der Waals surface area contributed by atoms with Crippen molar-refractivity contribution in [2.24, 2.45) is 0 Å². The molecule has 3 rings (SSSR count). The maximum Gasteiger partial charge on any atom is 0.0453 e. The number of benzene rings is 1. The Balaban J connectivity index is 0.000000162. The molecule has 1 aliphatic heterocycles. The zero-order valence-electron chi connectivity index (χ0n) is 8.93. The van der Waals surface area contributed by atoms with Gasteiger partial charge in [-0.25, -0.2) is 0 Å². The van der Waals surface area contributed by atoms with Gasteiger partial charge in [-0.3, -0.25) is 0 Å². The predicted molar refractivity (Wildman–Crippen MR) is 69.0 cm³/mol. The van der Waals surface area contributed by atoms with E-state index in [-0.39, 0.29) is 0 Å². The van der Waals surface area contributed by atoms with Crippen molar-refractivity contribution in [2.75, 3.05) is 5.32 Å². The van der Waals surface area contributed by atoms with Crippen LogP contribution in [0.2, 0.25) is 0 Å². The number of allylic oxidation sites excluding steroid dienone is 2. The molecule has 2 aromatic rings. The minimum atomic E-state index is 1.16. The molecule has 1 aromatic carbocycles. The normalized spacial score (nSPS) is 11.8. The van der Waals surface area contributed by atoms with Crippen molar-refractivity contribution in [1.82, 2.24) is 4.98 Å². The summed E-state index contributed by atoms with van der Waals surface area (Å²) in [6.45, 7) is 0. The van der Waals surface area contributed by atoms with E-state index in [4.69, 9.17) is 0 Å². The summed E-state index contributed by atoms with van der Waals surface area (Å²) in [6.07, 6.45) is 11.8. The molecular weight excluding hydrogens is 196 g/mol. The van der Waals surface area contributed by atoms with E-state index in [2.05, 4.69) is 28.5 Å². The van der Waals surface area contributed by atoms with E-state index in [1.54, 1.807) is 0 Å². The van der Waals surface area contributed by atoms with Gasteiger partial charge in [0.05, 0.1) is 0 Å². The molecule has 0 radical (unpaired) electrons. The molecule has 2 N–H and O–H groups in total. The van der Waals surface area contributed by atoms with Gasteiger partial charge in [0.2, 0.25) is 0 Å². The van der Waals surface area contributed by atoms with E-state index < -0.39 is 0 Å². The van der Waals surface area contributed by atoms with Crippen LogP contribution in [-0.2, 0) is 0 Å². The Kier molecular flexibility index (Phi) is 3.61. The lowest BCUT2D eigenvalue weighted by Crippen LogP contribution is -1.87. The number of aromatic nitrogens is 1. The van der Waals surface area contributed by atoms with Gasteiger partial charge in [0.25, 0.3) is 0 Å². The first-order chi connectivity index (χ1) is 7.97.